The van der Waals surface area contributed by atoms with Crippen LogP contribution in [0.1, 0.15) is 10.4 Å². The molecule has 0 radical (unpaired) electrons. The lowest BCUT2D eigenvalue weighted by molar-refractivity contribution is -0.118. The van der Waals surface area contributed by atoms with E-state index in [-0.39, 0.29) is 17.6 Å². The van der Waals surface area contributed by atoms with Gasteiger partial charge in [-0.15, -0.1) is 0 Å². The number of methoxy groups -OCH3 is 3. The number of amides is 2. The van der Waals surface area contributed by atoms with E-state index in [4.69, 9.17) is 14.2 Å². The number of aromatic nitrogens is 1. The Morgan fingerprint density at radius 2 is 1.69 bits per heavy atom. The number of carbonyl (C=O) groups excluding carboxylic acids is 2. The van der Waals surface area contributed by atoms with Crippen LogP contribution in [0.3, 0.4) is 0 Å². The number of rotatable bonds is 9. The van der Waals surface area contributed by atoms with Crippen LogP contribution in [0.4, 0.5) is 5.00 Å². The van der Waals surface area contributed by atoms with Crippen molar-refractivity contribution in [3.63, 3.8) is 0 Å². The molecule has 2 N–H and O–H groups in total. The maximum Gasteiger partial charge on any atom is 0.256 e. The Labute approximate surface area is 194 Å². The summed E-state index contributed by atoms with van der Waals surface area (Å²) in [7, 11) is 6.07. The second-order valence-corrected chi connectivity index (χ2v) is 8.58. The van der Waals surface area contributed by atoms with E-state index in [1.165, 1.54) is 44.4 Å². The molecule has 1 heterocycles. The van der Waals surface area contributed by atoms with Crippen molar-refractivity contribution >= 4 is 39.9 Å². The molecular weight excluding hydrogens is 450 g/mol. The average Bonchev–Trinajstić information content (AvgIpc) is 3.24. The van der Waals surface area contributed by atoms with Crippen LogP contribution < -0.4 is 24.8 Å². The summed E-state index contributed by atoms with van der Waals surface area (Å²) in [5, 5.41) is 6.10. The molecule has 0 atom stereocenters. The van der Waals surface area contributed by atoms with Gasteiger partial charge in [-0.2, -0.15) is 0 Å². The molecule has 0 aliphatic carbocycles. The van der Waals surface area contributed by atoms with Crippen LogP contribution >= 0.6 is 23.1 Å². The molecule has 0 fully saturated rings. The Balaban J connectivity index is 1.94. The van der Waals surface area contributed by atoms with Gasteiger partial charge < -0.3 is 24.8 Å². The zero-order valence-electron chi connectivity index (χ0n) is 18.1. The number of nitrogens with zero attached hydrogens (tertiary/aromatic N) is 1. The molecule has 10 heteroatoms. The van der Waals surface area contributed by atoms with Crippen LogP contribution in [0.2, 0.25) is 0 Å². The topological polar surface area (TPSA) is 98.8 Å². The number of hydrogen-bond acceptors (Lipinski definition) is 8. The predicted molar refractivity (Wildman–Crippen MR) is 126 cm³/mol. The van der Waals surface area contributed by atoms with Gasteiger partial charge in [0.2, 0.25) is 11.7 Å². The van der Waals surface area contributed by atoms with E-state index in [1.54, 1.807) is 19.2 Å². The molecule has 2 amide bonds. The van der Waals surface area contributed by atoms with Crippen molar-refractivity contribution in [2.24, 2.45) is 0 Å². The number of nitrogens with one attached hydrogen (secondary N) is 2. The molecule has 0 saturated heterocycles. The number of thiazole rings is 1. The van der Waals surface area contributed by atoms with Crippen molar-refractivity contribution in [2.45, 2.75) is 4.34 Å². The van der Waals surface area contributed by atoms with Crippen LogP contribution in [0.15, 0.2) is 46.8 Å². The van der Waals surface area contributed by atoms with Gasteiger partial charge in [0, 0.05) is 18.2 Å². The molecular formula is C22H23N3O5S2. The van der Waals surface area contributed by atoms with E-state index in [2.05, 4.69) is 15.6 Å². The van der Waals surface area contributed by atoms with E-state index in [9.17, 15) is 9.59 Å². The van der Waals surface area contributed by atoms with E-state index in [0.29, 0.717) is 37.8 Å². The largest absolute Gasteiger partial charge is 0.493 e. The van der Waals surface area contributed by atoms with E-state index >= 15 is 0 Å². The third-order valence-electron chi connectivity index (χ3n) is 4.41. The fourth-order valence-electron chi connectivity index (χ4n) is 2.83. The fourth-order valence-corrected chi connectivity index (χ4v) is 4.76. The molecule has 0 aliphatic heterocycles. The summed E-state index contributed by atoms with van der Waals surface area (Å²) in [6.45, 7) is 0. The summed E-state index contributed by atoms with van der Waals surface area (Å²) in [6.07, 6.45) is 0. The second-order valence-electron chi connectivity index (χ2n) is 6.35. The van der Waals surface area contributed by atoms with Gasteiger partial charge >= 0.3 is 0 Å². The van der Waals surface area contributed by atoms with Crippen LogP contribution in [0.5, 0.6) is 17.2 Å². The molecule has 0 saturated carbocycles. The minimum Gasteiger partial charge on any atom is -0.493 e. The van der Waals surface area contributed by atoms with Crippen LogP contribution in [-0.2, 0) is 4.79 Å². The Morgan fingerprint density at radius 1 is 1.03 bits per heavy atom. The number of ether oxygens (including phenoxy) is 3. The zero-order chi connectivity index (χ0) is 23.1. The number of carbonyl (C=O) groups is 2. The van der Waals surface area contributed by atoms with Crippen molar-refractivity contribution in [3.05, 3.63) is 48.0 Å². The Bertz CT molecular complexity index is 1080. The Kier molecular flexibility index (Phi) is 7.96. The highest BCUT2D eigenvalue weighted by atomic mass is 32.2. The lowest BCUT2D eigenvalue weighted by atomic mass is 10.1. The van der Waals surface area contributed by atoms with Crippen molar-refractivity contribution < 1.29 is 23.8 Å². The molecule has 3 rings (SSSR count). The van der Waals surface area contributed by atoms with E-state index < -0.39 is 0 Å². The normalized spacial score (nSPS) is 10.4. The predicted octanol–water partition coefficient (Wildman–Crippen LogP) is 3.93. The first-order chi connectivity index (χ1) is 15.5. The third-order valence-corrected chi connectivity index (χ3v) is 6.53. The minimum atomic E-state index is -0.354. The first kappa shape index (κ1) is 23.4. The number of anilines is 1. The van der Waals surface area contributed by atoms with Crippen molar-refractivity contribution in [1.82, 2.24) is 10.3 Å². The maximum atomic E-state index is 13.1. The Hall–Kier alpha value is -3.24. The molecule has 8 nitrogen and oxygen atoms in total. The van der Waals surface area contributed by atoms with Gasteiger partial charge in [-0.3, -0.25) is 9.59 Å². The highest BCUT2D eigenvalue weighted by Gasteiger charge is 2.20. The van der Waals surface area contributed by atoms with Crippen LogP contribution in [0.25, 0.3) is 11.3 Å². The Morgan fingerprint density at radius 3 is 2.25 bits per heavy atom. The van der Waals surface area contributed by atoms with Crippen molar-refractivity contribution in [1.29, 1.82) is 0 Å². The summed E-state index contributed by atoms with van der Waals surface area (Å²) in [5.41, 5.74) is 1.83. The van der Waals surface area contributed by atoms with Gasteiger partial charge in [0.25, 0.3) is 5.91 Å². The van der Waals surface area contributed by atoms with Gasteiger partial charge in [0.1, 0.15) is 10.7 Å². The van der Waals surface area contributed by atoms with Gasteiger partial charge in [-0.05, 0) is 12.1 Å². The van der Waals surface area contributed by atoms with E-state index in [0.717, 1.165) is 5.56 Å². The second kappa shape index (κ2) is 10.9. The molecule has 0 unspecified atom stereocenters. The molecule has 3 aromatic rings. The van der Waals surface area contributed by atoms with E-state index in [1.807, 2.05) is 30.3 Å². The number of thioether (sulfide) groups is 1. The van der Waals surface area contributed by atoms with Crippen molar-refractivity contribution in [3.8, 4) is 28.5 Å². The number of benzene rings is 2. The monoisotopic (exact) mass is 473 g/mol. The maximum absolute atomic E-state index is 13.1. The van der Waals surface area contributed by atoms with Crippen molar-refractivity contribution in [2.75, 3.05) is 39.4 Å². The summed E-state index contributed by atoms with van der Waals surface area (Å²) in [6, 6.07) is 12.7. The number of hydrogen-bond donors (Lipinski definition) is 2. The SMILES string of the molecule is CNC(=O)CSc1nc(-c2ccccc2)c(NC(=O)c2cc(OC)c(OC)c(OC)c2)s1. The summed E-state index contributed by atoms with van der Waals surface area (Å²) >= 11 is 2.62. The van der Waals surface area contributed by atoms with Crippen LogP contribution in [0, 0.1) is 0 Å². The minimum absolute atomic E-state index is 0.102. The summed E-state index contributed by atoms with van der Waals surface area (Å²) in [4.78, 5) is 29.4. The molecule has 2 aromatic carbocycles. The fraction of sp³-hybridized carbons (Fsp3) is 0.227. The lowest BCUT2D eigenvalue weighted by Gasteiger charge is -2.14. The molecule has 168 valence electrons. The van der Waals surface area contributed by atoms with Crippen LogP contribution in [-0.4, -0.2) is 50.9 Å². The van der Waals surface area contributed by atoms with Gasteiger partial charge in [-0.25, -0.2) is 4.98 Å². The summed E-state index contributed by atoms with van der Waals surface area (Å²) < 4.78 is 16.7. The zero-order valence-corrected chi connectivity index (χ0v) is 19.7. The van der Waals surface area contributed by atoms with Gasteiger partial charge in [0.15, 0.2) is 15.8 Å². The molecule has 32 heavy (non-hydrogen) atoms. The average molecular weight is 474 g/mol. The highest BCUT2D eigenvalue weighted by molar-refractivity contribution is 8.01. The van der Waals surface area contributed by atoms with Gasteiger partial charge in [-0.1, -0.05) is 53.4 Å². The molecule has 0 bridgehead atoms. The first-order valence-electron chi connectivity index (χ1n) is 9.51. The molecule has 1 aromatic heterocycles. The molecule has 0 spiro atoms. The van der Waals surface area contributed by atoms with Gasteiger partial charge in [0.05, 0.1) is 27.1 Å². The smallest absolute Gasteiger partial charge is 0.256 e. The summed E-state index contributed by atoms with van der Waals surface area (Å²) in [5.74, 6) is 0.945. The first-order valence-corrected chi connectivity index (χ1v) is 11.3. The molecule has 0 aliphatic rings. The third kappa shape index (κ3) is 5.32. The standard InChI is InChI=1S/C22H23N3O5S2/c1-23-17(26)12-31-22-24-18(13-8-6-5-7-9-13)21(32-22)25-20(27)14-10-15(28-2)19(30-4)16(11-14)29-3/h5-11H,12H2,1-4H3,(H,23,26)(H,25,27). The highest BCUT2D eigenvalue weighted by Crippen LogP contribution is 2.40. The quantitative estimate of drug-likeness (QED) is 0.455. The lowest BCUT2D eigenvalue weighted by Crippen LogP contribution is -2.19.